The molecule has 2 heterocycles. The summed E-state index contributed by atoms with van der Waals surface area (Å²) in [7, 11) is 0. The number of amides is 1. The van der Waals surface area contributed by atoms with Gasteiger partial charge in [-0.3, -0.25) is 4.79 Å². The van der Waals surface area contributed by atoms with Crippen LogP contribution in [0.5, 0.6) is 0 Å². The summed E-state index contributed by atoms with van der Waals surface area (Å²) < 4.78 is 10.5. The number of nitrogens with zero attached hydrogens (tertiary/aromatic N) is 1. The number of nitrogens with one attached hydrogen (secondary N) is 1. The molecule has 3 aromatic rings. The highest BCUT2D eigenvalue weighted by molar-refractivity contribution is 6.33. The van der Waals surface area contributed by atoms with Crippen LogP contribution in [0.15, 0.2) is 51.8 Å². The monoisotopic (exact) mass is 374 g/mol. The lowest BCUT2D eigenvalue weighted by Crippen LogP contribution is -2.36. The SMILES string of the molecule is CC(C)(CO)CNC(=O)c1c(-c2ccccc2Cl)noc1-c1ccoc1. The molecule has 0 fully saturated rings. The number of hydrogen-bond donors (Lipinski definition) is 2. The van der Waals surface area contributed by atoms with Crippen LogP contribution in [0.3, 0.4) is 0 Å². The Kier molecular flexibility index (Phi) is 5.15. The summed E-state index contributed by atoms with van der Waals surface area (Å²) in [6.07, 6.45) is 2.97. The number of furan rings is 1. The van der Waals surface area contributed by atoms with E-state index >= 15 is 0 Å². The van der Waals surface area contributed by atoms with Gasteiger partial charge < -0.3 is 19.4 Å². The maximum absolute atomic E-state index is 12.9. The molecule has 0 radical (unpaired) electrons. The second-order valence-corrected chi connectivity index (χ2v) is 7.14. The lowest BCUT2D eigenvalue weighted by atomic mass is 9.94. The molecule has 0 aliphatic heterocycles. The van der Waals surface area contributed by atoms with Gasteiger partial charge in [0.2, 0.25) is 0 Å². The van der Waals surface area contributed by atoms with Gasteiger partial charge in [-0.25, -0.2) is 0 Å². The van der Waals surface area contributed by atoms with E-state index in [0.717, 1.165) is 0 Å². The van der Waals surface area contributed by atoms with Crippen molar-refractivity contribution in [2.24, 2.45) is 5.41 Å². The second kappa shape index (κ2) is 7.35. The molecule has 0 bridgehead atoms. The fraction of sp³-hybridized carbons (Fsp3) is 0.263. The number of hydrogen-bond acceptors (Lipinski definition) is 5. The summed E-state index contributed by atoms with van der Waals surface area (Å²) in [5.41, 5.74) is 1.37. The fourth-order valence-corrected chi connectivity index (χ4v) is 2.62. The van der Waals surface area contributed by atoms with Gasteiger partial charge in [-0.1, -0.05) is 48.8 Å². The maximum Gasteiger partial charge on any atom is 0.257 e. The van der Waals surface area contributed by atoms with Gasteiger partial charge in [-0.2, -0.15) is 0 Å². The molecule has 7 heteroatoms. The fourth-order valence-electron chi connectivity index (χ4n) is 2.39. The Balaban J connectivity index is 2.04. The Hall–Kier alpha value is -2.57. The van der Waals surface area contributed by atoms with Crippen molar-refractivity contribution in [1.29, 1.82) is 0 Å². The predicted molar refractivity (Wildman–Crippen MR) is 97.9 cm³/mol. The molecule has 0 unspecified atom stereocenters. The normalized spacial score (nSPS) is 11.5. The highest BCUT2D eigenvalue weighted by Gasteiger charge is 2.28. The van der Waals surface area contributed by atoms with E-state index in [9.17, 15) is 9.90 Å². The molecular weight excluding hydrogens is 356 g/mol. The van der Waals surface area contributed by atoms with Crippen molar-refractivity contribution in [2.45, 2.75) is 13.8 Å². The van der Waals surface area contributed by atoms with E-state index in [-0.39, 0.29) is 18.1 Å². The van der Waals surface area contributed by atoms with E-state index in [0.29, 0.717) is 34.1 Å². The number of carbonyl (C=O) groups excluding carboxylic acids is 1. The molecule has 1 aromatic carbocycles. The average Bonchev–Trinajstić information content (AvgIpc) is 3.29. The number of halogens is 1. The van der Waals surface area contributed by atoms with Crippen molar-refractivity contribution in [2.75, 3.05) is 13.2 Å². The summed E-state index contributed by atoms with van der Waals surface area (Å²) in [6, 6.07) is 8.79. The van der Waals surface area contributed by atoms with Gasteiger partial charge in [0, 0.05) is 24.1 Å². The van der Waals surface area contributed by atoms with Gasteiger partial charge in [-0.05, 0) is 12.1 Å². The Morgan fingerprint density at radius 3 is 2.73 bits per heavy atom. The first-order chi connectivity index (χ1) is 12.4. The van der Waals surface area contributed by atoms with Crippen molar-refractivity contribution in [1.82, 2.24) is 10.5 Å². The average molecular weight is 375 g/mol. The summed E-state index contributed by atoms with van der Waals surface area (Å²) in [6.45, 7) is 3.95. The summed E-state index contributed by atoms with van der Waals surface area (Å²) in [4.78, 5) is 12.9. The van der Waals surface area contributed by atoms with Crippen LogP contribution in [-0.2, 0) is 0 Å². The molecule has 136 valence electrons. The minimum Gasteiger partial charge on any atom is -0.472 e. The zero-order chi connectivity index (χ0) is 18.7. The highest BCUT2D eigenvalue weighted by atomic mass is 35.5. The lowest BCUT2D eigenvalue weighted by molar-refractivity contribution is 0.0912. The molecule has 6 nitrogen and oxygen atoms in total. The number of aromatic nitrogens is 1. The van der Waals surface area contributed by atoms with Crippen LogP contribution in [0.2, 0.25) is 5.02 Å². The molecular formula is C19H19ClN2O4. The standard InChI is InChI=1S/C19H19ClN2O4/c1-19(2,11-23)10-21-18(24)15-16(13-5-3-4-6-14(13)20)22-26-17(15)12-7-8-25-9-12/h3-9,23H,10-11H2,1-2H3,(H,21,24). The molecule has 0 saturated carbocycles. The zero-order valence-electron chi connectivity index (χ0n) is 14.5. The topological polar surface area (TPSA) is 88.5 Å². The molecule has 0 atom stereocenters. The maximum atomic E-state index is 12.9. The molecule has 2 aromatic heterocycles. The van der Waals surface area contributed by atoms with Gasteiger partial charge in [0.1, 0.15) is 17.5 Å². The largest absolute Gasteiger partial charge is 0.472 e. The predicted octanol–water partition coefficient (Wildman–Crippen LogP) is 4.00. The van der Waals surface area contributed by atoms with E-state index in [4.69, 9.17) is 20.5 Å². The number of aliphatic hydroxyl groups excluding tert-OH is 1. The lowest BCUT2D eigenvalue weighted by Gasteiger charge is -2.21. The minimum atomic E-state index is -0.451. The minimum absolute atomic E-state index is 0.0527. The molecule has 0 aliphatic rings. The smallest absolute Gasteiger partial charge is 0.257 e. The van der Waals surface area contributed by atoms with Gasteiger partial charge in [-0.15, -0.1) is 0 Å². The molecule has 1 amide bonds. The third-order valence-electron chi connectivity index (χ3n) is 3.99. The molecule has 0 spiro atoms. The van der Waals surface area contributed by atoms with Crippen molar-refractivity contribution < 1.29 is 18.8 Å². The summed E-state index contributed by atoms with van der Waals surface area (Å²) >= 11 is 6.28. The first kappa shape index (κ1) is 18.2. The number of benzene rings is 1. The zero-order valence-corrected chi connectivity index (χ0v) is 15.2. The van der Waals surface area contributed by atoms with Crippen LogP contribution >= 0.6 is 11.6 Å². The summed E-state index contributed by atoms with van der Waals surface area (Å²) in [5, 5.41) is 16.8. The van der Waals surface area contributed by atoms with Crippen molar-refractivity contribution in [3.63, 3.8) is 0 Å². The van der Waals surface area contributed by atoms with Crippen molar-refractivity contribution in [3.8, 4) is 22.6 Å². The highest BCUT2D eigenvalue weighted by Crippen LogP contribution is 2.35. The van der Waals surface area contributed by atoms with Gasteiger partial charge >= 0.3 is 0 Å². The molecule has 26 heavy (non-hydrogen) atoms. The third kappa shape index (κ3) is 3.66. The van der Waals surface area contributed by atoms with Gasteiger partial charge in [0.15, 0.2) is 5.76 Å². The number of carbonyl (C=O) groups is 1. The molecule has 2 N–H and O–H groups in total. The number of aliphatic hydroxyl groups is 1. The van der Waals surface area contributed by atoms with Gasteiger partial charge in [0.05, 0.1) is 16.8 Å². The Morgan fingerprint density at radius 2 is 2.08 bits per heavy atom. The van der Waals surface area contributed by atoms with Crippen LogP contribution in [0.4, 0.5) is 0 Å². The second-order valence-electron chi connectivity index (χ2n) is 6.73. The van der Waals surface area contributed by atoms with E-state index in [1.807, 2.05) is 19.9 Å². The van der Waals surface area contributed by atoms with Gasteiger partial charge in [0.25, 0.3) is 5.91 Å². The molecule has 0 saturated heterocycles. The van der Waals surface area contributed by atoms with Crippen molar-refractivity contribution in [3.05, 3.63) is 53.4 Å². The van der Waals surface area contributed by atoms with Crippen LogP contribution < -0.4 is 5.32 Å². The van der Waals surface area contributed by atoms with Crippen LogP contribution in [0.25, 0.3) is 22.6 Å². The molecule has 0 aliphatic carbocycles. The summed E-state index contributed by atoms with van der Waals surface area (Å²) in [5.74, 6) is -0.0631. The Bertz CT molecular complexity index is 900. The number of rotatable bonds is 6. The van der Waals surface area contributed by atoms with Crippen LogP contribution in [-0.4, -0.2) is 29.3 Å². The van der Waals surface area contributed by atoms with E-state index in [1.165, 1.54) is 12.5 Å². The van der Waals surface area contributed by atoms with Crippen LogP contribution in [0, 0.1) is 5.41 Å². The first-order valence-corrected chi connectivity index (χ1v) is 8.47. The van der Waals surface area contributed by atoms with Crippen LogP contribution in [0.1, 0.15) is 24.2 Å². The van der Waals surface area contributed by atoms with E-state index in [1.54, 1.807) is 24.3 Å². The first-order valence-electron chi connectivity index (χ1n) is 8.09. The Morgan fingerprint density at radius 1 is 1.31 bits per heavy atom. The molecule has 3 rings (SSSR count). The van der Waals surface area contributed by atoms with Crippen molar-refractivity contribution >= 4 is 17.5 Å². The quantitative estimate of drug-likeness (QED) is 0.680. The Labute approximate surface area is 155 Å². The van der Waals surface area contributed by atoms with E-state index in [2.05, 4.69) is 10.5 Å². The van der Waals surface area contributed by atoms with E-state index < -0.39 is 5.41 Å². The third-order valence-corrected chi connectivity index (χ3v) is 4.32.